The lowest BCUT2D eigenvalue weighted by atomic mass is 10.0. The Morgan fingerprint density at radius 2 is 1.95 bits per heavy atom. The molecular formula is C14H27N3O3. The summed E-state index contributed by atoms with van der Waals surface area (Å²) in [5.41, 5.74) is -0.476. The summed E-state index contributed by atoms with van der Waals surface area (Å²) in [7, 11) is 1.63. The third kappa shape index (κ3) is 6.23. The Labute approximate surface area is 121 Å². The second-order valence-corrected chi connectivity index (χ2v) is 6.23. The molecule has 3 N–H and O–H groups in total. The Kier molecular flexibility index (Phi) is 6.26. The van der Waals surface area contributed by atoms with Gasteiger partial charge in [0.2, 0.25) is 5.91 Å². The number of amides is 2. The van der Waals surface area contributed by atoms with Crippen LogP contribution in [0.1, 0.15) is 40.0 Å². The molecule has 0 bridgehead atoms. The molecule has 1 fully saturated rings. The Morgan fingerprint density at radius 1 is 1.25 bits per heavy atom. The first-order valence-corrected chi connectivity index (χ1v) is 7.22. The largest absolute Gasteiger partial charge is 0.444 e. The van der Waals surface area contributed by atoms with E-state index in [4.69, 9.17) is 4.74 Å². The van der Waals surface area contributed by atoms with Gasteiger partial charge in [0.25, 0.3) is 0 Å². The fraction of sp³-hybridized carbons (Fsp3) is 0.857. The molecule has 0 aromatic carbocycles. The molecule has 20 heavy (non-hydrogen) atoms. The Morgan fingerprint density at radius 3 is 2.55 bits per heavy atom. The predicted octanol–water partition coefficient (Wildman–Crippen LogP) is 1.02. The second kappa shape index (κ2) is 7.47. The summed E-state index contributed by atoms with van der Waals surface area (Å²) in [5, 5.41) is 8.65. The van der Waals surface area contributed by atoms with E-state index < -0.39 is 5.60 Å². The van der Waals surface area contributed by atoms with Gasteiger partial charge in [0.15, 0.2) is 0 Å². The number of likely N-dealkylation sites (N-methyl/N-ethyl adjacent to an activating group) is 1. The van der Waals surface area contributed by atoms with Crippen LogP contribution in [0.5, 0.6) is 0 Å². The third-order valence-corrected chi connectivity index (χ3v) is 3.37. The summed E-state index contributed by atoms with van der Waals surface area (Å²) in [6.07, 6.45) is 2.83. The van der Waals surface area contributed by atoms with Gasteiger partial charge in [-0.3, -0.25) is 4.79 Å². The summed E-state index contributed by atoms with van der Waals surface area (Å²) in [6, 6.07) is 0.280. The van der Waals surface area contributed by atoms with E-state index in [0.29, 0.717) is 19.0 Å². The van der Waals surface area contributed by atoms with E-state index in [-0.39, 0.29) is 18.0 Å². The highest BCUT2D eigenvalue weighted by atomic mass is 16.6. The van der Waals surface area contributed by atoms with Gasteiger partial charge in [-0.25, -0.2) is 4.79 Å². The zero-order chi connectivity index (χ0) is 15.2. The third-order valence-electron chi connectivity index (χ3n) is 3.37. The summed E-state index contributed by atoms with van der Waals surface area (Å²) in [4.78, 5) is 22.9. The van der Waals surface area contributed by atoms with Crippen LogP contribution in [0.3, 0.4) is 0 Å². The van der Waals surface area contributed by atoms with Crippen molar-refractivity contribution in [3.05, 3.63) is 0 Å². The number of nitrogens with one attached hydrogen (secondary N) is 3. The fourth-order valence-corrected chi connectivity index (χ4v) is 2.39. The van der Waals surface area contributed by atoms with Crippen molar-refractivity contribution in [2.75, 3.05) is 20.1 Å². The van der Waals surface area contributed by atoms with Gasteiger partial charge in [-0.05, 0) is 39.5 Å². The van der Waals surface area contributed by atoms with Crippen molar-refractivity contribution in [3.8, 4) is 0 Å². The molecule has 0 aliphatic heterocycles. The van der Waals surface area contributed by atoms with E-state index in [1.807, 2.05) is 20.8 Å². The van der Waals surface area contributed by atoms with E-state index in [1.165, 1.54) is 0 Å². The number of carbonyl (C=O) groups excluding carboxylic acids is 2. The summed E-state index contributed by atoms with van der Waals surface area (Å²) in [5.74, 6) is 0.336. The van der Waals surface area contributed by atoms with E-state index in [9.17, 15) is 9.59 Å². The molecule has 6 nitrogen and oxygen atoms in total. The highest BCUT2D eigenvalue weighted by Crippen LogP contribution is 2.25. The Balaban J connectivity index is 2.31. The predicted molar refractivity (Wildman–Crippen MR) is 77.4 cm³/mol. The minimum Gasteiger partial charge on any atom is -0.444 e. The van der Waals surface area contributed by atoms with Crippen LogP contribution in [0.4, 0.5) is 4.79 Å². The van der Waals surface area contributed by atoms with Gasteiger partial charge < -0.3 is 20.7 Å². The van der Waals surface area contributed by atoms with Crippen molar-refractivity contribution in [1.29, 1.82) is 0 Å². The molecule has 2 atom stereocenters. The van der Waals surface area contributed by atoms with Crippen LogP contribution in [0.2, 0.25) is 0 Å². The number of hydrogen-bond acceptors (Lipinski definition) is 4. The molecule has 0 aromatic heterocycles. The smallest absolute Gasteiger partial charge is 0.407 e. The zero-order valence-corrected chi connectivity index (χ0v) is 12.9. The first-order chi connectivity index (χ1) is 9.31. The number of rotatable bonds is 5. The van der Waals surface area contributed by atoms with Crippen LogP contribution in [0, 0.1) is 5.92 Å². The normalized spacial score (nSPS) is 22.4. The molecule has 0 radical (unpaired) electrons. The van der Waals surface area contributed by atoms with Crippen molar-refractivity contribution in [3.63, 3.8) is 0 Å². The van der Waals surface area contributed by atoms with Crippen LogP contribution in [-0.4, -0.2) is 43.8 Å². The lowest BCUT2D eigenvalue weighted by Gasteiger charge is -2.23. The molecule has 0 heterocycles. The zero-order valence-electron chi connectivity index (χ0n) is 12.9. The second-order valence-electron chi connectivity index (χ2n) is 6.23. The first-order valence-electron chi connectivity index (χ1n) is 7.22. The number of ether oxygens (including phenoxy) is 1. The average molecular weight is 285 g/mol. The Hall–Kier alpha value is -1.30. The van der Waals surface area contributed by atoms with E-state index in [1.54, 1.807) is 7.05 Å². The Bertz CT molecular complexity index is 339. The van der Waals surface area contributed by atoms with Crippen LogP contribution in [0.25, 0.3) is 0 Å². The minimum absolute atomic E-state index is 0.0178. The minimum atomic E-state index is -0.476. The van der Waals surface area contributed by atoms with Crippen molar-refractivity contribution in [2.45, 2.75) is 51.7 Å². The molecule has 116 valence electrons. The topological polar surface area (TPSA) is 79.5 Å². The van der Waals surface area contributed by atoms with Gasteiger partial charge >= 0.3 is 6.09 Å². The maximum absolute atomic E-state index is 11.6. The highest BCUT2D eigenvalue weighted by Gasteiger charge is 2.28. The average Bonchev–Trinajstić information content (AvgIpc) is 2.78. The van der Waals surface area contributed by atoms with Crippen LogP contribution >= 0.6 is 0 Å². The molecule has 2 unspecified atom stereocenters. The van der Waals surface area contributed by atoms with Gasteiger partial charge in [-0.1, -0.05) is 6.42 Å². The highest BCUT2D eigenvalue weighted by molar-refractivity contribution is 5.77. The molecule has 2 amide bonds. The quantitative estimate of drug-likeness (QED) is 0.704. The fourth-order valence-electron chi connectivity index (χ4n) is 2.39. The van der Waals surface area contributed by atoms with E-state index >= 15 is 0 Å². The molecule has 0 saturated heterocycles. The van der Waals surface area contributed by atoms with Crippen LogP contribution < -0.4 is 16.0 Å². The van der Waals surface area contributed by atoms with Crippen LogP contribution in [0.15, 0.2) is 0 Å². The SMILES string of the molecule is CNC(=O)CNC1CCCC1CNC(=O)OC(C)(C)C. The van der Waals surface area contributed by atoms with Gasteiger partial charge in [-0.15, -0.1) is 0 Å². The maximum atomic E-state index is 11.6. The van der Waals surface area contributed by atoms with Crippen molar-refractivity contribution >= 4 is 12.0 Å². The lowest BCUT2D eigenvalue weighted by Crippen LogP contribution is -2.43. The molecule has 1 aliphatic rings. The van der Waals surface area contributed by atoms with Crippen LogP contribution in [-0.2, 0) is 9.53 Å². The van der Waals surface area contributed by atoms with E-state index in [0.717, 1.165) is 19.3 Å². The first kappa shape index (κ1) is 16.8. The standard InChI is InChI=1S/C14H27N3O3/c1-14(2,3)20-13(19)17-8-10-6-5-7-11(10)16-9-12(18)15-4/h10-11,16H,5-9H2,1-4H3,(H,15,18)(H,17,19). The summed E-state index contributed by atoms with van der Waals surface area (Å²) >= 11 is 0. The number of hydrogen-bond donors (Lipinski definition) is 3. The maximum Gasteiger partial charge on any atom is 0.407 e. The molecular weight excluding hydrogens is 258 g/mol. The molecule has 0 aromatic rings. The summed E-state index contributed by atoms with van der Waals surface area (Å²) in [6.45, 7) is 6.44. The van der Waals surface area contributed by atoms with Crippen molar-refractivity contribution < 1.29 is 14.3 Å². The van der Waals surface area contributed by atoms with Gasteiger partial charge in [0.1, 0.15) is 5.60 Å². The molecule has 6 heteroatoms. The molecule has 1 saturated carbocycles. The number of alkyl carbamates (subject to hydrolysis) is 1. The molecule has 1 rings (SSSR count). The van der Waals surface area contributed by atoms with Crippen molar-refractivity contribution in [1.82, 2.24) is 16.0 Å². The monoisotopic (exact) mass is 285 g/mol. The van der Waals surface area contributed by atoms with Gasteiger partial charge in [-0.2, -0.15) is 0 Å². The lowest BCUT2D eigenvalue weighted by molar-refractivity contribution is -0.119. The van der Waals surface area contributed by atoms with Gasteiger partial charge in [0.05, 0.1) is 6.54 Å². The molecule has 0 spiro atoms. The summed E-state index contributed by atoms with van der Waals surface area (Å²) < 4.78 is 5.21. The van der Waals surface area contributed by atoms with Gasteiger partial charge in [0, 0.05) is 19.6 Å². The van der Waals surface area contributed by atoms with E-state index in [2.05, 4.69) is 16.0 Å². The number of carbonyl (C=O) groups is 2. The van der Waals surface area contributed by atoms with Crippen molar-refractivity contribution in [2.24, 2.45) is 5.92 Å². The molecule has 1 aliphatic carbocycles.